The van der Waals surface area contributed by atoms with Crippen LogP contribution in [0.1, 0.15) is 50.1 Å². The van der Waals surface area contributed by atoms with Crippen LogP contribution < -0.4 is 11.3 Å². The van der Waals surface area contributed by atoms with E-state index in [0.717, 1.165) is 4.47 Å². The molecule has 1 aromatic rings. The molecule has 0 bridgehead atoms. The zero-order chi connectivity index (χ0) is 12.1. The number of hydrogen-bond acceptors (Lipinski definition) is 2. The van der Waals surface area contributed by atoms with Crippen molar-refractivity contribution in [2.24, 2.45) is 11.8 Å². The minimum Gasteiger partial charge on any atom is -0.271 e. The van der Waals surface area contributed by atoms with Crippen molar-refractivity contribution in [2.45, 2.75) is 44.6 Å². The zero-order valence-electron chi connectivity index (χ0n) is 10.2. The first-order valence-electron chi connectivity index (χ1n) is 6.53. The Morgan fingerprint density at radius 2 is 1.65 bits per heavy atom. The van der Waals surface area contributed by atoms with E-state index < -0.39 is 0 Å². The summed E-state index contributed by atoms with van der Waals surface area (Å²) in [5, 5.41) is 0. The van der Waals surface area contributed by atoms with E-state index in [2.05, 4.69) is 45.6 Å². The summed E-state index contributed by atoms with van der Waals surface area (Å²) < 4.78 is 1.12. The van der Waals surface area contributed by atoms with E-state index in [4.69, 9.17) is 5.84 Å². The molecule has 0 saturated heterocycles. The van der Waals surface area contributed by atoms with E-state index in [1.807, 2.05) is 0 Å². The lowest BCUT2D eigenvalue weighted by Gasteiger charge is -2.26. The normalized spacial score (nSPS) is 19.9. The van der Waals surface area contributed by atoms with E-state index >= 15 is 0 Å². The predicted molar refractivity (Wildman–Crippen MR) is 75.4 cm³/mol. The molecule has 94 valence electrons. The van der Waals surface area contributed by atoms with Crippen molar-refractivity contribution >= 4 is 15.9 Å². The van der Waals surface area contributed by atoms with E-state index in [-0.39, 0.29) is 0 Å². The van der Waals surface area contributed by atoms with Gasteiger partial charge in [0, 0.05) is 10.5 Å². The Hall–Kier alpha value is -0.380. The van der Waals surface area contributed by atoms with Crippen LogP contribution in [-0.4, -0.2) is 0 Å². The molecule has 1 unspecified atom stereocenters. The van der Waals surface area contributed by atoms with Gasteiger partial charge in [0.1, 0.15) is 0 Å². The maximum Gasteiger partial charge on any atom is 0.0488 e. The quantitative estimate of drug-likeness (QED) is 0.504. The minimum atomic E-state index is 0.307. The van der Waals surface area contributed by atoms with E-state index in [1.165, 1.54) is 44.1 Å². The van der Waals surface area contributed by atoms with Crippen LogP contribution in [-0.2, 0) is 0 Å². The molecule has 3 heteroatoms. The molecule has 0 aromatic heterocycles. The van der Waals surface area contributed by atoms with Crippen molar-refractivity contribution in [3.05, 3.63) is 34.3 Å². The third-order valence-electron chi connectivity index (χ3n) is 3.78. The van der Waals surface area contributed by atoms with Crippen LogP contribution in [0.3, 0.4) is 0 Å². The van der Waals surface area contributed by atoms with Crippen LogP contribution in [0.5, 0.6) is 0 Å². The van der Waals surface area contributed by atoms with Gasteiger partial charge in [-0.3, -0.25) is 11.3 Å². The summed E-state index contributed by atoms with van der Waals surface area (Å²) in [6.45, 7) is 0. The average molecular weight is 297 g/mol. The van der Waals surface area contributed by atoms with Crippen LogP contribution in [0.25, 0.3) is 0 Å². The third kappa shape index (κ3) is 3.54. The first kappa shape index (κ1) is 13.1. The Morgan fingerprint density at radius 3 is 2.18 bits per heavy atom. The molecule has 1 aromatic carbocycles. The lowest BCUT2D eigenvalue weighted by Crippen LogP contribution is -2.33. The Morgan fingerprint density at radius 1 is 1.06 bits per heavy atom. The molecule has 3 N–H and O–H groups in total. The fourth-order valence-corrected chi connectivity index (χ4v) is 3.08. The molecule has 0 amide bonds. The number of nitrogens with one attached hydrogen (secondary N) is 1. The van der Waals surface area contributed by atoms with Crippen LogP contribution in [0.4, 0.5) is 0 Å². The van der Waals surface area contributed by atoms with Crippen molar-refractivity contribution in [1.82, 2.24) is 5.43 Å². The van der Waals surface area contributed by atoms with Gasteiger partial charge in [-0.05, 0) is 36.5 Å². The molecule has 2 nitrogen and oxygen atoms in total. The smallest absolute Gasteiger partial charge is 0.0488 e. The van der Waals surface area contributed by atoms with Gasteiger partial charge in [0.05, 0.1) is 0 Å². The minimum absolute atomic E-state index is 0.307. The monoisotopic (exact) mass is 296 g/mol. The number of benzene rings is 1. The molecule has 17 heavy (non-hydrogen) atoms. The number of halogens is 1. The van der Waals surface area contributed by atoms with Crippen molar-refractivity contribution in [3.8, 4) is 0 Å². The van der Waals surface area contributed by atoms with Crippen molar-refractivity contribution < 1.29 is 0 Å². The first-order valence-corrected chi connectivity index (χ1v) is 7.32. The lowest BCUT2D eigenvalue weighted by atomic mass is 9.88. The molecule has 1 aliphatic carbocycles. The van der Waals surface area contributed by atoms with Gasteiger partial charge >= 0.3 is 0 Å². The highest BCUT2D eigenvalue weighted by molar-refractivity contribution is 9.10. The van der Waals surface area contributed by atoms with Crippen LogP contribution in [0, 0.1) is 5.92 Å². The van der Waals surface area contributed by atoms with E-state index in [1.54, 1.807) is 0 Å². The molecule has 1 atom stereocenters. The van der Waals surface area contributed by atoms with Crippen LogP contribution in [0.2, 0.25) is 0 Å². The maximum atomic E-state index is 5.76. The van der Waals surface area contributed by atoms with Crippen molar-refractivity contribution in [1.29, 1.82) is 0 Å². The number of hydrogen-bond donors (Lipinski definition) is 2. The third-order valence-corrected chi connectivity index (χ3v) is 4.31. The summed E-state index contributed by atoms with van der Waals surface area (Å²) >= 11 is 3.47. The second-order valence-corrected chi connectivity index (χ2v) is 5.86. The molecule has 0 heterocycles. The molecule has 0 spiro atoms. The second kappa shape index (κ2) is 6.53. The molecular formula is C14H21BrN2. The van der Waals surface area contributed by atoms with Crippen molar-refractivity contribution in [2.75, 3.05) is 0 Å². The van der Waals surface area contributed by atoms with Gasteiger partial charge in [0.25, 0.3) is 0 Å². The molecule has 1 saturated carbocycles. The Kier molecular flexibility index (Phi) is 5.01. The summed E-state index contributed by atoms with van der Waals surface area (Å²) in [5.41, 5.74) is 4.33. The largest absolute Gasteiger partial charge is 0.271 e. The second-order valence-electron chi connectivity index (χ2n) is 4.95. The number of nitrogens with two attached hydrogens (primary N) is 1. The summed E-state index contributed by atoms with van der Waals surface area (Å²) in [7, 11) is 0. The summed E-state index contributed by atoms with van der Waals surface area (Å²) in [6.07, 6.45) is 8.05. The van der Waals surface area contributed by atoms with E-state index in [9.17, 15) is 0 Å². The van der Waals surface area contributed by atoms with Gasteiger partial charge in [0.2, 0.25) is 0 Å². The molecular weight excluding hydrogens is 276 g/mol. The van der Waals surface area contributed by atoms with Gasteiger partial charge in [-0.25, -0.2) is 0 Å². The molecule has 2 rings (SSSR count). The van der Waals surface area contributed by atoms with E-state index in [0.29, 0.717) is 12.0 Å². The highest BCUT2D eigenvalue weighted by atomic mass is 79.9. The zero-order valence-corrected chi connectivity index (χ0v) is 11.7. The average Bonchev–Trinajstić information content (AvgIpc) is 2.62. The van der Waals surface area contributed by atoms with Crippen LogP contribution in [0.15, 0.2) is 28.7 Å². The highest BCUT2D eigenvalue weighted by Crippen LogP contribution is 2.33. The van der Waals surface area contributed by atoms with Gasteiger partial charge in [0.15, 0.2) is 0 Å². The van der Waals surface area contributed by atoms with Gasteiger partial charge in [-0.2, -0.15) is 0 Å². The summed E-state index contributed by atoms with van der Waals surface area (Å²) in [4.78, 5) is 0. The molecule has 0 radical (unpaired) electrons. The highest BCUT2D eigenvalue weighted by Gasteiger charge is 2.22. The van der Waals surface area contributed by atoms with Gasteiger partial charge in [-0.1, -0.05) is 53.7 Å². The Labute approximate surface area is 112 Å². The van der Waals surface area contributed by atoms with Gasteiger partial charge < -0.3 is 0 Å². The Balaban J connectivity index is 2.11. The first-order chi connectivity index (χ1) is 8.31. The van der Waals surface area contributed by atoms with Crippen molar-refractivity contribution in [3.63, 3.8) is 0 Å². The van der Waals surface area contributed by atoms with Gasteiger partial charge in [-0.15, -0.1) is 0 Å². The standard InChI is InChI=1S/C14H21BrN2/c15-13-9-7-12(8-10-13)14(17-16)11-5-3-1-2-4-6-11/h7-11,14,17H,1-6,16H2. The molecule has 1 aliphatic rings. The molecule has 0 aliphatic heterocycles. The fourth-order valence-electron chi connectivity index (χ4n) is 2.82. The maximum absolute atomic E-state index is 5.76. The fraction of sp³-hybridized carbons (Fsp3) is 0.571. The summed E-state index contributed by atoms with van der Waals surface area (Å²) in [5.74, 6) is 6.45. The lowest BCUT2D eigenvalue weighted by molar-refractivity contribution is 0.329. The number of hydrazine groups is 1. The Bertz CT molecular complexity index is 329. The summed E-state index contributed by atoms with van der Waals surface area (Å²) in [6, 6.07) is 8.83. The number of rotatable bonds is 3. The van der Waals surface area contributed by atoms with Crippen LogP contribution >= 0.6 is 15.9 Å². The molecule has 1 fully saturated rings. The SMILES string of the molecule is NNC(c1ccc(Br)cc1)C1CCCCCC1. The topological polar surface area (TPSA) is 38.0 Å². The predicted octanol–water partition coefficient (Wildman–Crippen LogP) is 3.92.